The van der Waals surface area contributed by atoms with Gasteiger partial charge in [0.25, 0.3) is 5.91 Å². The van der Waals surface area contributed by atoms with Gasteiger partial charge in [-0.1, -0.05) is 0 Å². The van der Waals surface area contributed by atoms with Crippen molar-refractivity contribution in [2.75, 3.05) is 0 Å². The molecule has 1 amide bonds. The van der Waals surface area contributed by atoms with Gasteiger partial charge in [0, 0.05) is 30.2 Å². The highest BCUT2D eigenvalue weighted by Gasteiger charge is 2.40. The third-order valence-electron chi connectivity index (χ3n) is 5.42. The molecule has 0 bridgehead atoms. The van der Waals surface area contributed by atoms with Crippen molar-refractivity contribution in [3.63, 3.8) is 0 Å². The number of primary sulfonamides is 1. The molecule has 4 rings (SSSR count). The maximum absolute atomic E-state index is 13.6. The number of nitrogens with one attached hydrogen (secondary N) is 1. The van der Waals surface area contributed by atoms with E-state index in [1.54, 1.807) is 24.5 Å². The number of nitrogens with zero attached hydrogens (tertiary/aromatic N) is 3. The summed E-state index contributed by atoms with van der Waals surface area (Å²) in [5.74, 6) is -0.680. The predicted octanol–water partition coefficient (Wildman–Crippen LogP) is 2.74. The fourth-order valence-electron chi connectivity index (χ4n) is 3.86. The average Bonchev–Trinajstić information content (AvgIpc) is 3.17. The average molecular weight is 479 g/mol. The van der Waals surface area contributed by atoms with E-state index < -0.39 is 27.8 Å². The second-order valence-corrected chi connectivity index (χ2v) is 9.21. The highest BCUT2D eigenvalue weighted by atomic mass is 32.2. The molecule has 0 spiro atoms. The van der Waals surface area contributed by atoms with Crippen molar-refractivity contribution >= 4 is 15.9 Å². The van der Waals surface area contributed by atoms with E-state index in [0.717, 1.165) is 22.4 Å². The molecule has 12 heteroatoms. The van der Waals surface area contributed by atoms with E-state index in [-0.39, 0.29) is 34.7 Å². The zero-order valence-corrected chi connectivity index (χ0v) is 18.1. The van der Waals surface area contributed by atoms with Gasteiger partial charge in [0.2, 0.25) is 10.0 Å². The van der Waals surface area contributed by atoms with Crippen molar-refractivity contribution in [1.29, 1.82) is 0 Å². The van der Waals surface area contributed by atoms with E-state index in [4.69, 9.17) is 5.14 Å². The van der Waals surface area contributed by atoms with Crippen LogP contribution in [0.2, 0.25) is 0 Å². The van der Waals surface area contributed by atoms with Crippen molar-refractivity contribution in [2.45, 2.75) is 43.3 Å². The van der Waals surface area contributed by atoms with E-state index >= 15 is 0 Å². The summed E-state index contributed by atoms with van der Waals surface area (Å²) in [4.78, 5) is 16.6. The number of hydrogen-bond donors (Lipinski definition) is 2. The Balaban J connectivity index is 1.82. The first kappa shape index (κ1) is 22.9. The molecule has 0 fully saturated rings. The fourth-order valence-corrected chi connectivity index (χ4v) is 4.40. The number of pyridine rings is 1. The van der Waals surface area contributed by atoms with Gasteiger partial charge in [-0.05, 0) is 61.6 Å². The number of carbonyl (C=O) groups excluding carboxylic acids is 1. The van der Waals surface area contributed by atoms with Gasteiger partial charge in [-0.3, -0.25) is 9.78 Å². The van der Waals surface area contributed by atoms with E-state index in [2.05, 4.69) is 15.4 Å². The molecule has 1 aromatic carbocycles. The number of alkyl halides is 3. The number of amides is 1. The predicted molar refractivity (Wildman–Crippen MR) is 112 cm³/mol. The Labute approximate surface area is 187 Å². The Morgan fingerprint density at radius 3 is 2.48 bits per heavy atom. The molecule has 3 aromatic rings. The molecule has 0 saturated carbocycles. The van der Waals surface area contributed by atoms with Crippen molar-refractivity contribution in [1.82, 2.24) is 20.1 Å². The molecule has 8 nitrogen and oxygen atoms in total. The lowest BCUT2D eigenvalue weighted by Crippen LogP contribution is -2.25. The molecule has 33 heavy (non-hydrogen) atoms. The Bertz CT molecular complexity index is 1300. The maximum atomic E-state index is 13.6. The Hall–Kier alpha value is -3.25. The number of fused-ring (bicyclic) bond motifs is 1. The molecular formula is C21H20F3N5O3S. The number of hydrogen-bond acceptors (Lipinski definition) is 5. The first-order valence-electron chi connectivity index (χ1n) is 10.1. The van der Waals surface area contributed by atoms with Gasteiger partial charge in [0.15, 0.2) is 5.69 Å². The molecule has 1 aliphatic rings. The molecular weight excluding hydrogens is 459 g/mol. The smallest absolute Gasteiger partial charge is 0.348 e. The maximum Gasteiger partial charge on any atom is 0.435 e. The molecule has 2 aromatic heterocycles. The van der Waals surface area contributed by atoms with Crippen molar-refractivity contribution in [3.05, 3.63) is 70.8 Å². The lowest BCUT2D eigenvalue weighted by Gasteiger charge is -2.17. The second-order valence-electron chi connectivity index (χ2n) is 7.65. The second kappa shape index (κ2) is 8.60. The summed E-state index contributed by atoms with van der Waals surface area (Å²) in [5, 5.41) is 11.7. The first-order valence-corrected chi connectivity index (χ1v) is 11.6. The molecule has 174 valence electrons. The van der Waals surface area contributed by atoms with Crippen LogP contribution in [0.1, 0.15) is 45.7 Å². The Morgan fingerprint density at radius 1 is 1.12 bits per heavy atom. The summed E-state index contributed by atoms with van der Waals surface area (Å²) >= 11 is 0. The van der Waals surface area contributed by atoms with Crippen LogP contribution in [0.5, 0.6) is 0 Å². The van der Waals surface area contributed by atoms with Crippen LogP contribution in [0.25, 0.3) is 5.69 Å². The summed E-state index contributed by atoms with van der Waals surface area (Å²) in [6.07, 6.45) is 0.292. The van der Waals surface area contributed by atoms with Crippen LogP contribution < -0.4 is 10.5 Å². The van der Waals surface area contributed by atoms with Gasteiger partial charge in [-0.2, -0.15) is 18.3 Å². The minimum absolute atomic E-state index is 0.0447. The van der Waals surface area contributed by atoms with Gasteiger partial charge >= 0.3 is 6.18 Å². The summed E-state index contributed by atoms with van der Waals surface area (Å²) in [6.45, 7) is 0.103. The number of aromatic nitrogens is 3. The molecule has 2 heterocycles. The third kappa shape index (κ3) is 4.76. The van der Waals surface area contributed by atoms with Crippen molar-refractivity contribution in [2.24, 2.45) is 5.14 Å². The zero-order valence-electron chi connectivity index (χ0n) is 17.3. The van der Waals surface area contributed by atoms with E-state index in [1.165, 1.54) is 6.07 Å². The number of sulfonamides is 1. The highest BCUT2D eigenvalue weighted by molar-refractivity contribution is 7.89. The zero-order chi connectivity index (χ0) is 23.8. The number of halogens is 3. The summed E-state index contributed by atoms with van der Waals surface area (Å²) in [6, 6.07) is 6.82. The van der Waals surface area contributed by atoms with Gasteiger partial charge in [0.1, 0.15) is 0 Å². The highest BCUT2D eigenvalue weighted by Crippen LogP contribution is 2.37. The molecule has 0 saturated heterocycles. The standard InChI is InChI=1S/C21H20F3N5O3S/c22-21(23,24)19-15-3-1-2-4-17(15)29(28-19)18-6-5-14(33(25,31)32)11-16(18)20(30)27-12-13-7-9-26-10-8-13/h5-11H,1-4,12H2,(H,27,30)(H2,25,31,32). The number of nitrogens with two attached hydrogens (primary N) is 1. The van der Waals surface area contributed by atoms with Gasteiger partial charge in [-0.15, -0.1) is 0 Å². The number of carbonyl (C=O) groups is 1. The summed E-state index contributed by atoms with van der Waals surface area (Å²) in [7, 11) is -4.16. The number of benzene rings is 1. The van der Waals surface area contributed by atoms with Crippen LogP contribution in [-0.4, -0.2) is 29.1 Å². The van der Waals surface area contributed by atoms with E-state index in [0.29, 0.717) is 25.0 Å². The summed E-state index contributed by atoms with van der Waals surface area (Å²) < 4.78 is 65.8. The van der Waals surface area contributed by atoms with Gasteiger partial charge in [0.05, 0.1) is 16.1 Å². The fraction of sp³-hybridized carbons (Fsp3) is 0.286. The molecule has 1 aliphatic carbocycles. The van der Waals surface area contributed by atoms with Crippen LogP contribution >= 0.6 is 0 Å². The van der Waals surface area contributed by atoms with Crippen LogP contribution in [0.15, 0.2) is 47.6 Å². The van der Waals surface area contributed by atoms with Crippen LogP contribution in [-0.2, 0) is 35.6 Å². The van der Waals surface area contributed by atoms with E-state index in [9.17, 15) is 26.4 Å². The van der Waals surface area contributed by atoms with Crippen LogP contribution in [0, 0.1) is 0 Å². The van der Waals surface area contributed by atoms with Crippen LogP contribution in [0.3, 0.4) is 0 Å². The lowest BCUT2D eigenvalue weighted by molar-refractivity contribution is -0.142. The minimum Gasteiger partial charge on any atom is -0.348 e. The van der Waals surface area contributed by atoms with Crippen molar-refractivity contribution in [3.8, 4) is 5.69 Å². The monoisotopic (exact) mass is 479 g/mol. The summed E-state index contributed by atoms with van der Waals surface area (Å²) in [5.41, 5.74) is 0.102. The quantitative estimate of drug-likeness (QED) is 0.583. The normalized spacial score (nSPS) is 14.1. The van der Waals surface area contributed by atoms with Gasteiger partial charge < -0.3 is 5.32 Å². The van der Waals surface area contributed by atoms with Crippen molar-refractivity contribution < 1.29 is 26.4 Å². The first-order chi connectivity index (χ1) is 15.6. The molecule has 0 atom stereocenters. The molecule has 3 N–H and O–H groups in total. The Morgan fingerprint density at radius 2 is 1.82 bits per heavy atom. The lowest BCUT2D eigenvalue weighted by atomic mass is 9.95. The van der Waals surface area contributed by atoms with Crippen LogP contribution in [0.4, 0.5) is 13.2 Å². The van der Waals surface area contributed by atoms with Gasteiger partial charge in [-0.25, -0.2) is 18.2 Å². The topological polar surface area (TPSA) is 120 Å². The SMILES string of the molecule is NS(=O)(=O)c1ccc(-n2nc(C(F)(F)F)c3c2CCCC3)c(C(=O)NCc2ccncc2)c1. The van der Waals surface area contributed by atoms with E-state index in [1.807, 2.05) is 0 Å². The molecule has 0 aliphatic heterocycles. The third-order valence-corrected chi connectivity index (χ3v) is 6.33. The largest absolute Gasteiger partial charge is 0.435 e. The molecule has 0 unspecified atom stereocenters. The minimum atomic E-state index is -4.66. The molecule has 0 radical (unpaired) electrons. The Kier molecular flexibility index (Phi) is 5.97. The number of rotatable bonds is 5.